The highest BCUT2D eigenvalue weighted by molar-refractivity contribution is 6.22. The Labute approximate surface area is 69.3 Å². The van der Waals surface area contributed by atoms with E-state index < -0.39 is 0 Å². The Morgan fingerprint density at radius 3 is 2.40 bits per heavy atom. The summed E-state index contributed by atoms with van der Waals surface area (Å²) < 4.78 is 0. The van der Waals surface area contributed by atoms with Crippen molar-refractivity contribution in [2.45, 2.75) is 44.9 Å². The molecule has 0 saturated carbocycles. The lowest BCUT2D eigenvalue weighted by Gasteiger charge is -2.09. The third kappa shape index (κ3) is 3.94. The minimum atomic E-state index is 0.213. The van der Waals surface area contributed by atoms with Gasteiger partial charge < -0.3 is 0 Å². The second-order valence-electron chi connectivity index (χ2n) is 2.66. The molecule has 60 valence electrons. The monoisotopic (exact) mass is 160 g/mol. The molecule has 0 N–H and O–H groups in total. The molecule has 0 saturated heterocycles. The first kappa shape index (κ1) is 10.0. The van der Waals surface area contributed by atoms with Crippen molar-refractivity contribution in [3.05, 3.63) is 12.2 Å². The van der Waals surface area contributed by atoms with Crippen LogP contribution in [-0.2, 0) is 0 Å². The van der Waals surface area contributed by atoms with Crippen LogP contribution in [-0.4, -0.2) is 5.38 Å². The Kier molecular flexibility index (Phi) is 5.81. The number of hydrogen-bond acceptors (Lipinski definition) is 0. The molecule has 0 spiro atoms. The van der Waals surface area contributed by atoms with Crippen LogP contribution in [0, 0.1) is 0 Å². The van der Waals surface area contributed by atoms with E-state index in [0.29, 0.717) is 0 Å². The van der Waals surface area contributed by atoms with E-state index in [4.69, 9.17) is 11.6 Å². The van der Waals surface area contributed by atoms with Crippen molar-refractivity contribution in [1.29, 1.82) is 0 Å². The first-order valence-electron chi connectivity index (χ1n) is 4.04. The number of hydrogen-bond donors (Lipinski definition) is 0. The highest BCUT2D eigenvalue weighted by Gasteiger charge is 2.05. The van der Waals surface area contributed by atoms with Crippen LogP contribution in [0.1, 0.15) is 39.5 Å². The van der Waals surface area contributed by atoms with E-state index in [1.54, 1.807) is 0 Å². The van der Waals surface area contributed by atoms with Gasteiger partial charge in [0.2, 0.25) is 0 Å². The molecule has 1 atom stereocenters. The van der Waals surface area contributed by atoms with Crippen LogP contribution in [0.4, 0.5) is 0 Å². The zero-order valence-electron chi connectivity index (χ0n) is 6.99. The summed E-state index contributed by atoms with van der Waals surface area (Å²) in [5, 5.41) is 0.213. The van der Waals surface area contributed by atoms with Gasteiger partial charge in [-0.3, -0.25) is 0 Å². The third-order valence-corrected chi connectivity index (χ3v) is 2.08. The topological polar surface area (TPSA) is 0 Å². The van der Waals surface area contributed by atoms with Crippen molar-refractivity contribution in [1.82, 2.24) is 0 Å². The first-order chi connectivity index (χ1) is 4.72. The maximum absolute atomic E-state index is 6.01. The van der Waals surface area contributed by atoms with Crippen molar-refractivity contribution in [3.63, 3.8) is 0 Å². The number of halogens is 1. The van der Waals surface area contributed by atoms with Gasteiger partial charge in [-0.1, -0.05) is 38.8 Å². The summed E-state index contributed by atoms with van der Waals surface area (Å²) in [6.45, 7) is 8.23. The molecule has 0 aromatic rings. The van der Waals surface area contributed by atoms with Gasteiger partial charge in [0.05, 0.1) is 5.38 Å². The van der Waals surface area contributed by atoms with Gasteiger partial charge in [-0.25, -0.2) is 0 Å². The smallest absolute Gasteiger partial charge is 0.0542 e. The Morgan fingerprint density at radius 1 is 1.40 bits per heavy atom. The van der Waals surface area contributed by atoms with Gasteiger partial charge in [-0.05, 0) is 12.8 Å². The highest BCUT2D eigenvalue weighted by atomic mass is 35.5. The fourth-order valence-electron chi connectivity index (χ4n) is 0.935. The molecule has 0 heterocycles. The molecule has 0 bridgehead atoms. The van der Waals surface area contributed by atoms with E-state index in [2.05, 4.69) is 20.4 Å². The van der Waals surface area contributed by atoms with E-state index in [-0.39, 0.29) is 5.38 Å². The van der Waals surface area contributed by atoms with E-state index in [1.807, 2.05) is 0 Å². The van der Waals surface area contributed by atoms with E-state index in [1.165, 1.54) is 5.57 Å². The van der Waals surface area contributed by atoms with Crippen LogP contribution in [0.5, 0.6) is 0 Å². The second-order valence-corrected chi connectivity index (χ2v) is 3.19. The van der Waals surface area contributed by atoms with Crippen molar-refractivity contribution < 1.29 is 0 Å². The zero-order chi connectivity index (χ0) is 7.98. The number of allylic oxidation sites excluding steroid dienone is 1. The van der Waals surface area contributed by atoms with Crippen molar-refractivity contribution in [2.75, 3.05) is 0 Å². The number of alkyl halides is 1. The standard InChI is InChI=1S/C9H17Cl/c1-4-6-8(3)9(10)7-5-2/h9H,3-7H2,1-2H3. The molecule has 0 rings (SSSR count). The van der Waals surface area contributed by atoms with Gasteiger partial charge in [-0.2, -0.15) is 0 Å². The summed E-state index contributed by atoms with van der Waals surface area (Å²) in [7, 11) is 0. The van der Waals surface area contributed by atoms with Crippen LogP contribution < -0.4 is 0 Å². The summed E-state index contributed by atoms with van der Waals surface area (Å²) in [6, 6.07) is 0. The molecule has 0 fully saturated rings. The van der Waals surface area contributed by atoms with Gasteiger partial charge in [-0.15, -0.1) is 11.6 Å². The van der Waals surface area contributed by atoms with E-state index >= 15 is 0 Å². The molecule has 0 aliphatic heterocycles. The van der Waals surface area contributed by atoms with Crippen molar-refractivity contribution >= 4 is 11.6 Å². The second kappa shape index (κ2) is 5.79. The fraction of sp³-hybridized carbons (Fsp3) is 0.778. The van der Waals surface area contributed by atoms with Crippen LogP contribution in [0.2, 0.25) is 0 Å². The SMILES string of the molecule is C=C(CCC)C(Cl)CCC. The molecule has 1 unspecified atom stereocenters. The first-order valence-corrected chi connectivity index (χ1v) is 4.47. The molecule has 10 heavy (non-hydrogen) atoms. The fourth-order valence-corrected chi connectivity index (χ4v) is 1.26. The zero-order valence-corrected chi connectivity index (χ0v) is 7.75. The minimum absolute atomic E-state index is 0.213. The summed E-state index contributed by atoms with van der Waals surface area (Å²) in [5.74, 6) is 0. The number of rotatable bonds is 5. The summed E-state index contributed by atoms with van der Waals surface area (Å²) >= 11 is 6.01. The summed E-state index contributed by atoms with van der Waals surface area (Å²) in [5.41, 5.74) is 1.20. The van der Waals surface area contributed by atoms with E-state index in [9.17, 15) is 0 Å². The predicted molar refractivity (Wildman–Crippen MR) is 48.6 cm³/mol. The van der Waals surface area contributed by atoms with Gasteiger partial charge in [0.1, 0.15) is 0 Å². The maximum atomic E-state index is 6.01. The predicted octanol–water partition coefficient (Wildman–Crippen LogP) is 3.75. The molecule has 0 nitrogen and oxygen atoms in total. The lowest BCUT2D eigenvalue weighted by Crippen LogP contribution is -2.00. The molecule has 0 aliphatic carbocycles. The van der Waals surface area contributed by atoms with Crippen LogP contribution in [0.25, 0.3) is 0 Å². The molecule has 0 aromatic heterocycles. The summed E-state index contributed by atoms with van der Waals surface area (Å²) in [6.07, 6.45) is 4.46. The molecule has 0 aliphatic rings. The molecular formula is C9H17Cl. The summed E-state index contributed by atoms with van der Waals surface area (Å²) in [4.78, 5) is 0. The Morgan fingerprint density at radius 2 is 2.00 bits per heavy atom. The minimum Gasteiger partial charge on any atom is -0.118 e. The molecular weight excluding hydrogens is 144 g/mol. The Hall–Kier alpha value is 0.0300. The average molecular weight is 161 g/mol. The molecule has 1 heteroatoms. The van der Waals surface area contributed by atoms with Gasteiger partial charge in [0.15, 0.2) is 0 Å². The lowest BCUT2D eigenvalue weighted by molar-refractivity contribution is 0.752. The molecule has 0 aromatic carbocycles. The maximum Gasteiger partial charge on any atom is 0.0542 e. The van der Waals surface area contributed by atoms with Crippen LogP contribution in [0.3, 0.4) is 0 Å². The highest BCUT2D eigenvalue weighted by Crippen LogP contribution is 2.17. The van der Waals surface area contributed by atoms with Crippen molar-refractivity contribution in [2.24, 2.45) is 0 Å². The van der Waals surface area contributed by atoms with Crippen molar-refractivity contribution in [3.8, 4) is 0 Å². The molecule has 0 amide bonds. The largest absolute Gasteiger partial charge is 0.118 e. The van der Waals surface area contributed by atoms with Gasteiger partial charge in [0.25, 0.3) is 0 Å². The Bertz CT molecular complexity index is 96.9. The third-order valence-electron chi connectivity index (χ3n) is 1.56. The Balaban J connectivity index is 3.49. The normalized spacial score (nSPS) is 13.1. The lowest BCUT2D eigenvalue weighted by atomic mass is 10.1. The quantitative estimate of drug-likeness (QED) is 0.425. The van der Waals surface area contributed by atoms with Crippen LogP contribution in [0.15, 0.2) is 12.2 Å². The van der Waals surface area contributed by atoms with Gasteiger partial charge in [0, 0.05) is 0 Å². The average Bonchev–Trinajstić information content (AvgIpc) is 1.89. The molecule has 0 radical (unpaired) electrons. The van der Waals surface area contributed by atoms with Gasteiger partial charge >= 0.3 is 0 Å². The van der Waals surface area contributed by atoms with Crippen LogP contribution >= 0.6 is 11.6 Å². The van der Waals surface area contributed by atoms with E-state index in [0.717, 1.165) is 25.7 Å².